The number of aliphatic carboxylic acids is 1. The smallest absolute Gasteiger partial charge is 0.306 e. The molecule has 1 saturated carbocycles. The average molecular weight is 301 g/mol. The van der Waals surface area contributed by atoms with Crippen LogP contribution in [-0.2, 0) is 11.2 Å². The van der Waals surface area contributed by atoms with Gasteiger partial charge in [0.25, 0.3) is 5.91 Å². The number of likely N-dealkylation sites (tertiary alicyclic amines) is 1. The highest BCUT2D eigenvalue weighted by atomic mass is 16.4. The Hall–Kier alpha value is -1.84. The molecule has 2 fully saturated rings. The largest absolute Gasteiger partial charge is 0.481 e. The molecule has 3 rings (SSSR count). The fourth-order valence-electron chi connectivity index (χ4n) is 4.09. The van der Waals surface area contributed by atoms with Crippen molar-refractivity contribution in [1.29, 1.82) is 0 Å². The second-order valence-electron chi connectivity index (χ2n) is 6.44. The first kappa shape index (κ1) is 15.1. The lowest BCUT2D eigenvalue weighted by molar-refractivity contribution is -0.146. The van der Waals surface area contributed by atoms with Gasteiger partial charge in [0.1, 0.15) is 0 Å². The highest BCUT2D eigenvalue weighted by Gasteiger charge is 2.45. The zero-order valence-corrected chi connectivity index (χ0v) is 13.0. The summed E-state index contributed by atoms with van der Waals surface area (Å²) in [5, 5.41) is 9.38. The molecule has 3 atom stereocenters. The molecule has 1 saturated heterocycles. The molecule has 1 aromatic rings. The van der Waals surface area contributed by atoms with Crippen LogP contribution in [0.5, 0.6) is 0 Å². The zero-order chi connectivity index (χ0) is 15.7. The maximum Gasteiger partial charge on any atom is 0.306 e. The first-order chi connectivity index (χ1) is 10.6. The van der Waals surface area contributed by atoms with Crippen molar-refractivity contribution in [2.75, 3.05) is 6.54 Å². The molecule has 1 N–H and O–H groups in total. The number of carbonyl (C=O) groups excluding carboxylic acids is 1. The molecule has 0 spiro atoms. The van der Waals surface area contributed by atoms with Crippen molar-refractivity contribution in [2.45, 2.75) is 45.1 Å². The zero-order valence-electron chi connectivity index (χ0n) is 13.0. The van der Waals surface area contributed by atoms with Gasteiger partial charge in [-0.15, -0.1) is 0 Å². The van der Waals surface area contributed by atoms with Crippen LogP contribution in [0.2, 0.25) is 0 Å². The number of carboxylic acids is 1. The molecule has 1 heterocycles. The minimum absolute atomic E-state index is 0.0587. The fourth-order valence-corrected chi connectivity index (χ4v) is 4.09. The molecule has 4 heteroatoms. The number of fused-ring (bicyclic) bond motifs is 1. The van der Waals surface area contributed by atoms with Crippen molar-refractivity contribution in [2.24, 2.45) is 11.8 Å². The summed E-state index contributed by atoms with van der Waals surface area (Å²) in [6, 6.07) is 7.91. The number of carboxylic acid groups (broad SMARTS) is 1. The number of benzene rings is 1. The van der Waals surface area contributed by atoms with Gasteiger partial charge in [0, 0.05) is 18.2 Å². The quantitative estimate of drug-likeness (QED) is 0.933. The van der Waals surface area contributed by atoms with Crippen molar-refractivity contribution in [3.63, 3.8) is 0 Å². The summed E-state index contributed by atoms with van der Waals surface area (Å²) in [5.41, 5.74) is 1.94. The monoisotopic (exact) mass is 301 g/mol. The lowest BCUT2D eigenvalue weighted by atomic mass is 9.81. The van der Waals surface area contributed by atoms with Crippen LogP contribution in [0.25, 0.3) is 0 Å². The number of amides is 1. The number of carbonyl (C=O) groups is 2. The van der Waals surface area contributed by atoms with Crippen LogP contribution in [0.4, 0.5) is 0 Å². The summed E-state index contributed by atoms with van der Waals surface area (Å²) in [5.74, 6) is -0.788. The molecule has 1 aliphatic carbocycles. The highest BCUT2D eigenvalue weighted by molar-refractivity contribution is 5.94. The van der Waals surface area contributed by atoms with E-state index in [-0.39, 0.29) is 23.8 Å². The van der Waals surface area contributed by atoms with Gasteiger partial charge < -0.3 is 10.0 Å². The van der Waals surface area contributed by atoms with Gasteiger partial charge in [-0.05, 0) is 49.3 Å². The number of hydrogen-bond donors (Lipinski definition) is 1. The van der Waals surface area contributed by atoms with E-state index >= 15 is 0 Å². The van der Waals surface area contributed by atoms with E-state index in [1.54, 1.807) is 0 Å². The SMILES string of the molecule is CCc1ccc(C(=O)N2CCC(C(=O)O)C3CCCC32)cc1. The van der Waals surface area contributed by atoms with Gasteiger partial charge in [-0.25, -0.2) is 0 Å². The minimum atomic E-state index is -0.698. The van der Waals surface area contributed by atoms with Gasteiger partial charge in [0.2, 0.25) is 0 Å². The van der Waals surface area contributed by atoms with Crippen molar-refractivity contribution in [3.05, 3.63) is 35.4 Å². The third kappa shape index (κ3) is 2.62. The Kier molecular flexibility index (Phi) is 4.19. The van der Waals surface area contributed by atoms with Crippen LogP contribution in [0.1, 0.15) is 48.5 Å². The van der Waals surface area contributed by atoms with Gasteiger partial charge in [-0.3, -0.25) is 9.59 Å². The number of piperidine rings is 1. The Labute approximate surface area is 131 Å². The summed E-state index contributed by atoms with van der Waals surface area (Å²) in [6.45, 7) is 2.66. The van der Waals surface area contributed by atoms with Crippen LogP contribution in [0.15, 0.2) is 24.3 Å². The van der Waals surface area contributed by atoms with E-state index in [2.05, 4.69) is 6.92 Å². The predicted molar refractivity (Wildman–Crippen MR) is 83.7 cm³/mol. The molecule has 0 bridgehead atoms. The third-order valence-electron chi connectivity index (χ3n) is 5.32. The first-order valence-corrected chi connectivity index (χ1v) is 8.24. The van der Waals surface area contributed by atoms with E-state index in [4.69, 9.17) is 0 Å². The van der Waals surface area contributed by atoms with Crippen molar-refractivity contribution in [3.8, 4) is 0 Å². The third-order valence-corrected chi connectivity index (χ3v) is 5.32. The lowest BCUT2D eigenvalue weighted by Gasteiger charge is -2.41. The molecule has 1 aromatic carbocycles. The van der Waals surface area contributed by atoms with Crippen LogP contribution in [0.3, 0.4) is 0 Å². The Bertz CT molecular complexity index is 566. The second kappa shape index (κ2) is 6.11. The molecule has 4 nitrogen and oxygen atoms in total. The van der Waals surface area contributed by atoms with E-state index in [9.17, 15) is 14.7 Å². The molecule has 118 valence electrons. The fraction of sp³-hybridized carbons (Fsp3) is 0.556. The normalized spacial score (nSPS) is 27.5. The van der Waals surface area contributed by atoms with Crippen LogP contribution < -0.4 is 0 Å². The summed E-state index contributed by atoms with van der Waals surface area (Å²) < 4.78 is 0. The second-order valence-corrected chi connectivity index (χ2v) is 6.44. The van der Waals surface area contributed by atoms with Crippen LogP contribution in [-0.4, -0.2) is 34.5 Å². The molecule has 3 unspecified atom stereocenters. The van der Waals surface area contributed by atoms with Gasteiger partial charge in [0.05, 0.1) is 5.92 Å². The number of rotatable bonds is 3. The molecule has 1 aliphatic heterocycles. The van der Waals surface area contributed by atoms with Gasteiger partial charge in [-0.2, -0.15) is 0 Å². The van der Waals surface area contributed by atoms with Crippen molar-refractivity contribution < 1.29 is 14.7 Å². The van der Waals surface area contributed by atoms with E-state index in [1.165, 1.54) is 5.56 Å². The van der Waals surface area contributed by atoms with E-state index in [0.717, 1.165) is 31.2 Å². The van der Waals surface area contributed by atoms with Gasteiger partial charge in [0.15, 0.2) is 0 Å². The molecular weight excluding hydrogens is 278 g/mol. The topological polar surface area (TPSA) is 57.6 Å². The summed E-state index contributed by atoms with van der Waals surface area (Å²) in [6.07, 6.45) is 4.43. The number of nitrogens with zero attached hydrogens (tertiary/aromatic N) is 1. The van der Waals surface area contributed by atoms with Crippen molar-refractivity contribution in [1.82, 2.24) is 4.90 Å². The molecule has 22 heavy (non-hydrogen) atoms. The van der Waals surface area contributed by atoms with Gasteiger partial charge in [-0.1, -0.05) is 25.5 Å². The Morgan fingerprint density at radius 3 is 2.55 bits per heavy atom. The molecule has 1 amide bonds. The van der Waals surface area contributed by atoms with Crippen LogP contribution >= 0.6 is 0 Å². The Morgan fingerprint density at radius 1 is 1.18 bits per heavy atom. The maximum atomic E-state index is 12.8. The van der Waals surface area contributed by atoms with Crippen LogP contribution in [0, 0.1) is 11.8 Å². The molecular formula is C18H23NO3. The summed E-state index contributed by atoms with van der Waals surface area (Å²) >= 11 is 0. The molecule has 0 radical (unpaired) electrons. The number of aryl methyl sites for hydroxylation is 1. The minimum Gasteiger partial charge on any atom is -0.481 e. The lowest BCUT2D eigenvalue weighted by Crippen LogP contribution is -2.51. The molecule has 0 aromatic heterocycles. The average Bonchev–Trinajstić information content (AvgIpc) is 3.02. The summed E-state index contributed by atoms with van der Waals surface area (Å²) in [7, 11) is 0. The molecule has 2 aliphatic rings. The van der Waals surface area contributed by atoms with E-state index in [0.29, 0.717) is 13.0 Å². The maximum absolute atomic E-state index is 12.8. The van der Waals surface area contributed by atoms with Gasteiger partial charge >= 0.3 is 5.97 Å². The Balaban J connectivity index is 1.79. The Morgan fingerprint density at radius 2 is 1.91 bits per heavy atom. The van der Waals surface area contributed by atoms with E-state index < -0.39 is 5.97 Å². The van der Waals surface area contributed by atoms with E-state index in [1.807, 2.05) is 29.2 Å². The predicted octanol–water partition coefficient (Wildman–Crippen LogP) is 2.96. The highest BCUT2D eigenvalue weighted by Crippen LogP contribution is 2.41. The summed E-state index contributed by atoms with van der Waals surface area (Å²) in [4.78, 5) is 26.1. The number of hydrogen-bond acceptors (Lipinski definition) is 2. The van der Waals surface area contributed by atoms with Crippen molar-refractivity contribution >= 4 is 11.9 Å². The standard InChI is InChI=1S/C18H23NO3/c1-2-12-6-8-13(9-7-12)17(20)19-11-10-15(18(21)22)14-4-3-5-16(14)19/h6-9,14-16H,2-5,10-11H2,1H3,(H,21,22). The first-order valence-electron chi connectivity index (χ1n) is 8.24.